The molecule has 2 heterocycles. The molecule has 0 saturated carbocycles. The summed E-state index contributed by atoms with van der Waals surface area (Å²) in [6.07, 6.45) is 2.37. The van der Waals surface area contributed by atoms with Crippen LogP contribution in [0.1, 0.15) is 37.8 Å². The molecule has 2 atom stereocenters. The number of benzene rings is 2. The molecular weight excluding hydrogens is 524 g/mol. The van der Waals surface area contributed by atoms with Gasteiger partial charge in [0, 0.05) is 41.6 Å². The van der Waals surface area contributed by atoms with E-state index in [1.54, 1.807) is 18.7 Å². The Morgan fingerprint density at radius 3 is 2.29 bits per heavy atom. The lowest BCUT2D eigenvalue weighted by atomic mass is 9.74. The molecule has 11 heteroatoms. The number of nitrogens with two attached hydrogens (primary N) is 1. The van der Waals surface area contributed by atoms with Crippen molar-refractivity contribution in [2.45, 2.75) is 49.4 Å². The average Bonchev–Trinajstić information content (AvgIpc) is 3.18. The Morgan fingerprint density at radius 1 is 1.08 bits per heavy atom. The lowest BCUT2D eigenvalue weighted by Gasteiger charge is -2.41. The van der Waals surface area contributed by atoms with Gasteiger partial charge < -0.3 is 16.0 Å². The van der Waals surface area contributed by atoms with Crippen LogP contribution in [0.4, 0.5) is 5.69 Å². The van der Waals surface area contributed by atoms with Crippen LogP contribution in [0, 0.1) is 0 Å². The molecule has 0 aromatic heterocycles. The Balaban J connectivity index is 1.50. The normalized spacial score (nSPS) is 18.6. The van der Waals surface area contributed by atoms with Gasteiger partial charge in [0.2, 0.25) is 21.8 Å². The monoisotopic (exact) mass is 560 g/mol. The molecule has 1 fully saturated rings. The predicted octanol–water partition coefficient (Wildman–Crippen LogP) is 1.50. The highest BCUT2D eigenvalue weighted by Gasteiger charge is 2.48. The van der Waals surface area contributed by atoms with Crippen molar-refractivity contribution in [1.29, 1.82) is 0 Å². The van der Waals surface area contributed by atoms with Crippen LogP contribution in [-0.2, 0) is 41.6 Å². The summed E-state index contributed by atoms with van der Waals surface area (Å²) in [5.41, 5.74) is 6.95. The molecule has 2 amide bonds. The molecule has 2 aliphatic heterocycles. The van der Waals surface area contributed by atoms with Crippen LogP contribution in [0.3, 0.4) is 0 Å². The summed E-state index contributed by atoms with van der Waals surface area (Å²) < 4.78 is 39.4. The number of para-hydroxylation sites is 1. The van der Waals surface area contributed by atoms with Crippen LogP contribution in [0.2, 0.25) is 0 Å². The number of likely N-dealkylation sites (tertiary alicyclic amines) is 1. The topological polar surface area (TPSA) is 130 Å². The summed E-state index contributed by atoms with van der Waals surface area (Å²) >= 11 is 0. The molecule has 0 radical (unpaired) electrons. The van der Waals surface area contributed by atoms with Crippen molar-refractivity contribution in [2.24, 2.45) is 5.73 Å². The quantitative estimate of drug-likeness (QED) is 0.503. The van der Waals surface area contributed by atoms with Gasteiger partial charge in [-0.15, -0.1) is 0 Å². The summed E-state index contributed by atoms with van der Waals surface area (Å²) in [5, 5.41) is 2.74. The second-order valence-corrected chi connectivity index (χ2v) is 14.3. The molecule has 4 rings (SSSR count). The van der Waals surface area contributed by atoms with Crippen molar-refractivity contribution < 1.29 is 22.2 Å². The van der Waals surface area contributed by atoms with E-state index < -0.39 is 38.3 Å². The minimum atomic E-state index is -3.44. The molecule has 1 spiro atoms. The van der Waals surface area contributed by atoms with E-state index in [9.17, 15) is 22.2 Å². The first-order valence-electron chi connectivity index (χ1n) is 12.6. The number of fused-ring (bicyclic) bond motifs is 2. The fraction of sp³-hybridized carbons (Fsp3) is 0.481. The lowest BCUT2D eigenvalue weighted by Crippen LogP contribution is -2.59. The molecular formula is C27H36N4O5S2. The second-order valence-electron chi connectivity index (χ2n) is 10.9. The van der Waals surface area contributed by atoms with Gasteiger partial charge in [0.25, 0.3) is 0 Å². The summed E-state index contributed by atoms with van der Waals surface area (Å²) in [5.74, 6) is -0.546. The number of piperidine rings is 1. The minimum Gasteiger partial charge on any atom is -0.342 e. The number of hydrogen-bond acceptors (Lipinski definition) is 6. The predicted molar refractivity (Wildman–Crippen MR) is 149 cm³/mol. The largest absolute Gasteiger partial charge is 0.342 e. The lowest BCUT2D eigenvalue weighted by molar-refractivity contribution is -0.138. The van der Waals surface area contributed by atoms with E-state index in [-0.39, 0.29) is 22.8 Å². The van der Waals surface area contributed by atoms with E-state index >= 15 is 0 Å². The Hall–Kier alpha value is -2.76. The van der Waals surface area contributed by atoms with Gasteiger partial charge in [0.05, 0.1) is 23.2 Å². The van der Waals surface area contributed by atoms with Crippen molar-refractivity contribution in [2.75, 3.05) is 35.9 Å². The molecule has 9 nitrogen and oxygen atoms in total. The molecule has 206 valence electrons. The maximum Gasteiger partial charge on any atom is 0.246 e. The van der Waals surface area contributed by atoms with Crippen LogP contribution in [-0.4, -0.2) is 72.6 Å². The number of anilines is 1. The standard InChI is InChI=1S/C27H36N4O5S2/c1-26(2,28)25(33)29-22(18-37(34)17-20-9-5-4-6-10-20)24(32)30-15-13-27(14-16-30)19-31(38(3,35)36)23-12-8-7-11-21(23)27/h4-12,22H,13-19,28H2,1-3H3,(H,29,33)/t22-,37?/m1/s1. The number of rotatable bonds is 8. The van der Waals surface area contributed by atoms with Gasteiger partial charge in [-0.05, 0) is 43.9 Å². The van der Waals surface area contributed by atoms with Crippen LogP contribution in [0.5, 0.6) is 0 Å². The van der Waals surface area contributed by atoms with E-state index in [0.717, 1.165) is 11.1 Å². The van der Waals surface area contributed by atoms with Crippen molar-refractivity contribution in [3.05, 3.63) is 65.7 Å². The zero-order chi connectivity index (χ0) is 27.7. The highest BCUT2D eigenvalue weighted by atomic mass is 32.2. The van der Waals surface area contributed by atoms with E-state index in [0.29, 0.717) is 38.2 Å². The van der Waals surface area contributed by atoms with E-state index in [1.807, 2.05) is 54.6 Å². The van der Waals surface area contributed by atoms with Gasteiger partial charge in [-0.2, -0.15) is 0 Å². The molecule has 2 aromatic carbocycles. The molecule has 1 unspecified atom stereocenters. The summed E-state index contributed by atoms with van der Waals surface area (Å²) in [4.78, 5) is 28.0. The molecule has 0 bridgehead atoms. The molecule has 2 aliphatic rings. The number of carbonyl (C=O) groups excluding carboxylic acids is 2. The number of sulfonamides is 1. The van der Waals surface area contributed by atoms with Crippen molar-refractivity contribution in [1.82, 2.24) is 10.2 Å². The highest BCUT2D eigenvalue weighted by molar-refractivity contribution is 7.92. The Bertz CT molecular complexity index is 1320. The number of carbonyl (C=O) groups is 2. The highest BCUT2D eigenvalue weighted by Crippen LogP contribution is 2.47. The third-order valence-corrected chi connectivity index (χ3v) is 9.82. The maximum atomic E-state index is 13.7. The summed E-state index contributed by atoms with van der Waals surface area (Å²) in [6.45, 7) is 4.25. The zero-order valence-electron chi connectivity index (χ0n) is 22.1. The Morgan fingerprint density at radius 2 is 1.68 bits per heavy atom. The van der Waals surface area contributed by atoms with Gasteiger partial charge in [-0.3, -0.25) is 18.1 Å². The number of nitrogens with one attached hydrogen (secondary N) is 1. The third-order valence-electron chi connectivity index (χ3n) is 7.33. The van der Waals surface area contributed by atoms with E-state index in [4.69, 9.17) is 5.73 Å². The van der Waals surface area contributed by atoms with Gasteiger partial charge in [-0.25, -0.2) is 8.42 Å². The minimum absolute atomic E-state index is 0.0259. The van der Waals surface area contributed by atoms with Crippen molar-refractivity contribution in [3.8, 4) is 0 Å². The van der Waals surface area contributed by atoms with E-state index in [2.05, 4.69) is 5.32 Å². The zero-order valence-corrected chi connectivity index (χ0v) is 23.7. The summed E-state index contributed by atoms with van der Waals surface area (Å²) in [6, 6.07) is 15.9. The molecule has 38 heavy (non-hydrogen) atoms. The van der Waals surface area contributed by atoms with Crippen LogP contribution in [0.25, 0.3) is 0 Å². The first-order valence-corrected chi connectivity index (χ1v) is 16.0. The fourth-order valence-electron chi connectivity index (χ4n) is 5.21. The third kappa shape index (κ3) is 6.10. The fourth-order valence-corrected chi connectivity index (χ4v) is 7.49. The molecule has 3 N–H and O–H groups in total. The smallest absolute Gasteiger partial charge is 0.246 e. The maximum absolute atomic E-state index is 13.7. The van der Waals surface area contributed by atoms with Crippen molar-refractivity contribution in [3.63, 3.8) is 0 Å². The second kappa shape index (κ2) is 10.8. The molecule has 1 saturated heterocycles. The van der Waals surface area contributed by atoms with Crippen LogP contribution in [0.15, 0.2) is 54.6 Å². The number of hydrogen-bond donors (Lipinski definition) is 2. The first kappa shape index (κ1) is 28.3. The van der Waals surface area contributed by atoms with Crippen molar-refractivity contribution >= 4 is 38.3 Å². The van der Waals surface area contributed by atoms with Gasteiger partial charge in [-0.1, -0.05) is 48.5 Å². The number of nitrogens with zero attached hydrogens (tertiary/aromatic N) is 2. The Kier molecular flexibility index (Phi) is 8.02. The molecule has 2 aromatic rings. The Labute approximate surface area is 227 Å². The van der Waals surface area contributed by atoms with Gasteiger partial charge in [0.1, 0.15) is 6.04 Å². The van der Waals surface area contributed by atoms with Gasteiger partial charge >= 0.3 is 0 Å². The molecule has 0 aliphatic carbocycles. The van der Waals surface area contributed by atoms with Crippen LogP contribution >= 0.6 is 0 Å². The van der Waals surface area contributed by atoms with Crippen LogP contribution < -0.4 is 15.4 Å². The first-order chi connectivity index (χ1) is 17.8. The summed E-state index contributed by atoms with van der Waals surface area (Å²) in [7, 11) is -4.84. The SMILES string of the molecule is CC(C)(N)C(=O)N[C@H](CS(=O)Cc1ccccc1)C(=O)N1CCC2(CC1)CN(S(C)(=O)=O)c1ccccc12. The average molecular weight is 561 g/mol. The van der Waals surface area contributed by atoms with E-state index in [1.165, 1.54) is 10.6 Å². The van der Waals surface area contributed by atoms with Gasteiger partial charge in [0.15, 0.2) is 0 Å². The number of amides is 2.